The molecule has 5 heteroatoms. The van der Waals surface area contributed by atoms with Gasteiger partial charge < -0.3 is 0 Å². The van der Waals surface area contributed by atoms with Crippen molar-refractivity contribution < 1.29 is 4.79 Å². The highest BCUT2D eigenvalue weighted by Gasteiger charge is 2.40. The molecule has 2 aromatic rings. The normalized spacial score (nSPS) is 18.4. The lowest BCUT2D eigenvalue weighted by Gasteiger charge is -2.29. The molecule has 0 bridgehead atoms. The molecule has 0 spiro atoms. The molecule has 1 aromatic heterocycles. The van der Waals surface area contributed by atoms with Gasteiger partial charge in [-0.2, -0.15) is 0 Å². The Balaban J connectivity index is 1.92. The summed E-state index contributed by atoms with van der Waals surface area (Å²) in [6.45, 7) is 8.28. The Morgan fingerprint density at radius 1 is 1.28 bits per heavy atom. The van der Waals surface area contributed by atoms with E-state index < -0.39 is 0 Å². The van der Waals surface area contributed by atoms with Crippen LogP contribution in [-0.2, 0) is 4.79 Å². The number of hydrogen-bond acceptors (Lipinski definition) is 4. The van der Waals surface area contributed by atoms with Crippen LogP contribution >= 0.6 is 23.1 Å². The number of aryl methyl sites for hydroxylation is 2. The van der Waals surface area contributed by atoms with Crippen LogP contribution < -0.4 is 0 Å². The predicted octanol–water partition coefficient (Wildman–Crippen LogP) is 5.42. The summed E-state index contributed by atoms with van der Waals surface area (Å²) in [4.78, 5) is 20.6. The molecule has 1 saturated heterocycles. The van der Waals surface area contributed by atoms with Gasteiger partial charge in [0.25, 0.3) is 5.91 Å². The summed E-state index contributed by atoms with van der Waals surface area (Å²) in [7, 11) is 0. The Labute approximate surface area is 157 Å². The molecule has 0 aliphatic carbocycles. The summed E-state index contributed by atoms with van der Waals surface area (Å²) >= 11 is 3.26. The van der Waals surface area contributed by atoms with E-state index in [1.165, 1.54) is 5.56 Å². The predicted molar refractivity (Wildman–Crippen MR) is 110 cm³/mol. The topological polar surface area (TPSA) is 32.7 Å². The van der Waals surface area contributed by atoms with E-state index in [1.54, 1.807) is 29.2 Å². The quantitative estimate of drug-likeness (QED) is 0.676. The average Bonchev–Trinajstić information content (AvgIpc) is 3.16. The Morgan fingerprint density at radius 3 is 2.80 bits per heavy atom. The summed E-state index contributed by atoms with van der Waals surface area (Å²) in [6, 6.07) is 10.2. The second-order valence-corrected chi connectivity index (χ2v) is 8.73. The first-order chi connectivity index (χ1) is 11.9. The fourth-order valence-electron chi connectivity index (χ4n) is 2.66. The summed E-state index contributed by atoms with van der Waals surface area (Å²) in [5.74, 6) is 0.822. The summed E-state index contributed by atoms with van der Waals surface area (Å²) < 4.78 is 0. The molecule has 25 heavy (non-hydrogen) atoms. The number of nitrogens with zero attached hydrogens (tertiary/aromatic N) is 2. The molecule has 0 atom stereocenters. The van der Waals surface area contributed by atoms with Gasteiger partial charge >= 0.3 is 0 Å². The highest BCUT2D eigenvalue weighted by atomic mass is 32.2. The number of carbonyl (C=O) groups is 1. The zero-order valence-electron chi connectivity index (χ0n) is 14.9. The van der Waals surface area contributed by atoms with Crippen LogP contribution in [-0.4, -0.2) is 27.3 Å². The second kappa shape index (κ2) is 7.18. The van der Waals surface area contributed by atoms with E-state index in [0.717, 1.165) is 27.0 Å². The molecule has 1 aliphatic heterocycles. The third-order valence-corrected chi connectivity index (χ3v) is 6.31. The van der Waals surface area contributed by atoms with Crippen molar-refractivity contribution in [1.29, 1.82) is 0 Å². The van der Waals surface area contributed by atoms with Gasteiger partial charge in [0.2, 0.25) is 0 Å². The Kier molecular flexibility index (Phi) is 5.16. The number of benzene rings is 1. The fraction of sp³-hybridized carbons (Fsp3) is 0.300. The minimum Gasteiger partial charge on any atom is -0.281 e. The van der Waals surface area contributed by atoms with E-state index in [-0.39, 0.29) is 11.4 Å². The first kappa shape index (κ1) is 18.0. The number of hydrogen-bond donors (Lipinski definition) is 0. The number of carbonyl (C=O) groups excluding carboxylic acids is 1. The monoisotopic (exact) mass is 370 g/mol. The molecule has 1 fully saturated rings. The van der Waals surface area contributed by atoms with E-state index in [4.69, 9.17) is 4.99 Å². The van der Waals surface area contributed by atoms with Crippen LogP contribution in [0.5, 0.6) is 0 Å². The van der Waals surface area contributed by atoms with Crippen LogP contribution in [0.15, 0.2) is 46.8 Å². The van der Waals surface area contributed by atoms with E-state index in [1.807, 2.05) is 35.4 Å². The summed E-state index contributed by atoms with van der Waals surface area (Å²) in [6.07, 6.45) is 3.53. The lowest BCUT2D eigenvalue weighted by Crippen LogP contribution is -2.45. The molecule has 3 nitrogen and oxygen atoms in total. The standard InChI is InChI=1S/C20H22N2OS2/c1-14-7-8-15(2)17(12-14)21-19-22(20(3,4)13-25-19)18(23)10-9-16-6-5-11-24-16/h5-12H,13H2,1-4H3/b10-9+,21-19?. The Hall–Kier alpha value is -1.85. The summed E-state index contributed by atoms with van der Waals surface area (Å²) in [5, 5.41) is 2.78. The lowest BCUT2D eigenvalue weighted by molar-refractivity contribution is -0.124. The highest BCUT2D eigenvalue weighted by molar-refractivity contribution is 8.14. The first-order valence-electron chi connectivity index (χ1n) is 8.21. The van der Waals surface area contributed by atoms with Gasteiger partial charge in [0.15, 0.2) is 5.17 Å². The number of amides is 1. The van der Waals surface area contributed by atoms with E-state index in [9.17, 15) is 4.79 Å². The molecule has 1 aromatic carbocycles. The van der Waals surface area contributed by atoms with Crippen LogP contribution in [0.3, 0.4) is 0 Å². The van der Waals surface area contributed by atoms with Crippen LogP contribution in [0.4, 0.5) is 5.69 Å². The van der Waals surface area contributed by atoms with Crippen LogP contribution in [0.2, 0.25) is 0 Å². The van der Waals surface area contributed by atoms with Gasteiger partial charge in [0.05, 0.1) is 11.2 Å². The largest absolute Gasteiger partial charge is 0.281 e. The molecule has 0 N–H and O–H groups in total. The average molecular weight is 371 g/mol. The van der Waals surface area contributed by atoms with Gasteiger partial charge in [-0.3, -0.25) is 9.69 Å². The zero-order chi connectivity index (χ0) is 18.0. The van der Waals surface area contributed by atoms with Crippen LogP contribution in [0, 0.1) is 13.8 Å². The molecule has 1 amide bonds. The van der Waals surface area contributed by atoms with Crippen molar-refractivity contribution in [3.8, 4) is 0 Å². The SMILES string of the molecule is Cc1ccc(C)c(N=C2SCC(C)(C)N2C(=O)/C=C/c2cccs2)c1. The van der Waals surface area contributed by atoms with E-state index in [2.05, 4.69) is 39.0 Å². The van der Waals surface area contributed by atoms with Crippen molar-refractivity contribution in [3.05, 3.63) is 57.8 Å². The molecule has 2 heterocycles. The Morgan fingerprint density at radius 2 is 2.08 bits per heavy atom. The molecule has 0 saturated carbocycles. The van der Waals surface area contributed by atoms with Crippen LogP contribution in [0.25, 0.3) is 6.08 Å². The first-order valence-corrected chi connectivity index (χ1v) is 10.1. The number of amidine groups is 1. The maximum absolute atomic E-state index is 12.9. The van der Waals surface area contributed by atoms with E-state index >= 15 is 0 Å². The van der Waals surface area contributed by atoms with Gasteiger partial charge in [-0.05, 0) is 62.4 Å². The second-order valence-electron chi connectivity index (χ2n) is 6.81. The molecular weight excluding hydrogens is 348 g/mol. The number of thiophene rings is 1. The Bertz CT molecular complexity index is 835. The van der Waals surface area contributed by atoms with Crippen molar-refractivity contribution in [3.63, 3.8) is 0 Å². The van der Waals surface area contributed by atoms with Crippen molar-refractivity contribution in [2.75, 3.05) is 5.75 Å². The number of aliphatic imine (C=N–C) groups is 1. The smallest absolute Gasteiger partial charge is 0.253 e. The van der Waals surface area contributed by atoms with E-state index in [0.29, 0.717) is 0 Å². The maximum atomic E-state index is 12.9. The van der Waals surface area contributed by atoms with Gasteiger partial charge in [-0.25, -0.2) is 4.99 Å². The van der Waals surface area contributed by atoms with Gasteiger partial charge in [0.1, 0.15) is 0 Å². The molecular formula is C20H22N2OS2. The molecule has 3 rings (SSSR count). The minimum absolute atomic E-state index is 0.0209. The molecule has 1 aliphatic rings. The molecule has 0 radical (unpaired) electrons. The van der Waals surface area contributed by atoms with Crippen molar-refractivity contribution in [2.45, 2.75) is 33.2 Å². The summed E-state index contributed by atoms with van der Waals surface area (Å²) in [5.41, 5.74) is 2.96. The number of rotatable bonds is 3. The molecule has 0 unspecified atom stereocenters. The fourth-order valence-corrected chi connectivity index (χ4v) is 4.52. The van der Waals surface area contributed by atoms with Crippen molar-refractivity contribution in [2.24, 2.45) is 4.99 Å². The third-order valence-electron chi connectivity index (χ3n) is 4.09. The van der Waals surface area contributed by atoms with Gasteiger partial charge in [-0.15, -0.1) is 11.3 Å². The number of thioether (sulfide) groups is 1. The minimum atomic E-state index is -0.252. The van der Waals surface area contributed by atoms with Crippen LogP contribution in [0.1, 0.15) is 29.9 Å². The maximum Gasteiger partial charge on any atom is 0.253 e. The highest BCUT2D eigenvalue weighted by Crippen LogP contribution is 2.35. The third kappa shape index (κ3) is 4.05. The zero-order valence-corrected chi connectivity index (χ0v) is 16.6. The van der Waals surface area contributed by atoms with Gasteiger partial charge in [0, 0.05) is 16.7 Å². The van der Waals surface area contributed by atoms with Gasteiger partial charge in [-0.1, -0.05) is 30.0 Å². The van der Waals surface area contributed by atoms with Crippen molar-refractivity contribution >= 4 is 45.9 Å². The molecule has 130 valence electrons. The van der Waals surface area contributed by atoms with Crippen molar-refractivity contribution in [1.82, 2.24) is 4.90 Å². The lowest BCUT2D eigenvalue weighted by atomic mass is 10.1.